The van der Waals surface area contributed by atoms with Crippen LogP contribution in [0.5, 0.6) is 0 Å². The highest BCUT2D eigenvalue weighted by Gasteiger charge is 2.34. The number of hydrogen-bond acceptors (Lipinski definition) is 2. The number of rotatable bonds is 4. The molecule has 0 amide bonds. The van der Waals surface area contributed by atoms with E-state index in [1.807, 2.05) is 0 Å². The Morgan fingerprint density at radius 3 is 2.75 bits per heavy atom. The molecular weight excluding hydrogens is 429 g/mol. The van der Waals surface area contributed by atoms with Crippen molar-refractivity contribution in [1.29, 1.82) is 0 Å². The Labute approximate surface area is 142 Å². The summed E-state index contributed by atoms with van der Waals surface area (Å²) in [5.41, 5.74) is 0. The molecule has 0 bridgehead atoms. The lowest BCUT2D eigenvalue weighted by atomic mass is 10.0. The van der Waals surface area contributed by atoms with Gasteiger partial charge in [0.15, 0.2) is 0 Å². The summed E-state index contributed by atoms with van der Waals surface area (Å²) < 4.78 is 28.0. The number of nitrogens with zero attached hydrogens (tertiary/aromatic N) is 1. The summed E-state index contributed by atoms with van der Waals surface area (Å²) >= 11 is 12.8. The first-order chi connectivity index (χ1) is 9.46. The highest BCUT2D eigenvalue weighted by Crippen LogP contribution is 2.32. The largest absolute Gasteiger partial charge is 0.244 e. The van der Waals surface area contributed by atoms with Gasteiger partial charge in [-0.15, -0.1) is 0 Å². The van der Waals surface area contributed by atoms with Crippen LogP contribution in [-0.2, 0) is 10.0 Å². The number of piperidine rings is 1. The van der Waals surface area contributed by atoms with Gasteiger partial charge in [0.05, 0.1) is 5.02 Å². The summed E-state index contributed by atoms with van der Waals surface area (Å²) in [5, 5.41) is 1.07. The molecule has 1 atom stereocenters. The molecule has 1 aromatic carbocycles. The Bertz CT molecular complexity index is 578. The van der Waals surface area contributed by atoms with Gasteiger partial charge >= 0.3 is 0 Å². The molecule has 20 heavy (non-hydrogen) atoms. The van der Waals surface area contributed by atoms with E-state index in [9.17, 15) is 8.42 Å². The summed E-state index contributed by atoms with van der Waals surface area (Å²) in [6.07, 6.45) is 3.73. The molecule has 1 fully saturated rings. The minimum absolute atomic E-state index is 0.0628. The molecule has 0 radical (unpaired) electrons. The second-order valence-corrected chi connectivity index (χ2v) is 8.79. The fourth-order valence-corrected chi connectivity index (χ4v) is 5.78. The Morgan fingerprint density at radius 2 is 2.10 bits per heavy atom. The van der Waals surface area contributed by atoms with Crippen LogP contribution in [0, 0.1) is 0 Å². The average molecular weight is 446 g/mol. The van der Waals surface area contributed by atoms with Crippen LogP contribution in [0.3, 0.4) is 0 Å². The van der Waals surface area contributed by atoms with Gasteiger partial charge < -0.3 is 0 Å². The van der Waals surface area contributed by atoms with E-state index >= 15 is 0 Å². The smallest absolute Gasteiger partial charge is 0.207 e. The molecule has 0 spiro atoms. The molecule has 0 aliphatic carbocycles. The van der Waals surface area contributed by atoms with E-state index < -0.39 is 10.0 Å². The molecule has 1 saturated heterocycles. The molecule has 0 aromatic heterocycles. The second kappa shape index (κ2) is 7.09. The first-order valence-electron chi connectivity index (χ1n) is 6.49. The van der Waals surface area contributed by atoms with Gasteiger partial charge in [0, 0.05) is 22.4 Å². The maximum absolute atomic E-state index is 12.8. The highest BCUT2D eigenvalue weighted by molar-refractivity contribution is 9.10. The lowest BCUT2D eigenvalue weighted by Crippen LogP contribution is -2.43. The van der Waals surface area contributed by atoms with Crippen LogP contribution in [0.15, 0.2) is 27.6 Å². The van der Waals surface area contributed by atoms with Crippen LogP contribution in [0.4, 0.5) is 0 Å². The van der Waals surface area contributed by atoms with Crippen LogP contribution in [-0.4, -0.2) is 30.6 Å². The van der Waals surface area contributed by atoms with Gasteiger partial charge in [0.25, 0.3) is 0 Å². The van der Waals surface area contributed by atoms with Crippen molar-refractivity contribution in [2.75, 3.05) is 11.9 Å². The molecule has 1 heterocycles. The molecule has 0 N–H and O–H groups in total. The van der Waals surface area contributed by atoms with Crippen molar-refractivity contribution in [3.63, 3.8) is 0 Å². The molecule has 1 aliphatic rings. The number of alkyl halides is 1. The van der Waals surface area contributed by atoms with E-state index in [2.05, 4.69) is 31.9 Å². The molecular formula is C13H16Br2ClNO2S. The first-order valence-corrected chi connectivity index (χ1v) is 10.2. The van der Waals surface area contributed by atoms with Gasteiger partial charge in [-0.1, -0.05) is 49.9 Å². The molecule has 3 nitrogen and oxygen atoms in total. The fourth-order valence-electron chi connectivity index (χ4n) is 2.52. The lowest BCUT2D eigenvalue weighted by Gasteiger charge is -2.34. The van der Waals surface area contributed by atoms with Crippen molar-refractivity contribution in [3.05, 3.63) is 27.7 Å². The zero-order valence-electron chi connectivity index (χ0n) is 10.9. The van der Waals surface area contributed by atoms with Gasteiger partial charge in [-0.25, -0.2) is 8.42 Å². The third-order valence-electron chi connectivity index (χ3n) is 3.50. The third kappa shape index (κ3) is 3.58. The molecule has 112 valence electrons. The van der Waals surface area contributed by atoms with E-state index in [1.165, 1.54) is 0 Å². The Hall–Kier alpha value is 0.380. The molecule has 7 heteroatoms. The third-order valence-corrected chi connectivity index (χ3v) is 6.88. The van der Waals surface area contributed by atoms with Gasteiger partial charge in [0.2, 0.25) is 10.0 Å². The quantitative estimate of drug-likeness (QED) is 0.643. The van der Waals surface area contributed by atoms with Crippen molar-refractivity contribution < 1.29 is 8.42 Å². The van der Waals surface area contributed by atoms with Gasteiger partial charge in [-0.3, -0.25) is 0 Å². The van der Waals surface area contributed by atoms with Crippen molar-refractivity contribution >= 4 is 53.5 Å². The predicted molar refractivity (Wildman–Crippen MR) is 89.1 cm³/mol. The van der Waals surface area contributed by atoms with Crippen LogP contribution >= 0.6 is 43.5 Å². The van der Waals surface area contributed by atoms with Crippen LogP contribution in [0.2, 0.25) is 5.02 Å². The highest BCUT2D eigenvalue weighted by atomic mass is 79.9. The first kappa shape index (κ1) is 16.7. The molecule has 1 unspecified atom stereocenters. The second-order valence-electron chi connectivity index (χ2n) is 4.82. The maximum Gasteiger partial charge on any atom is 0.244 e. The topological polar surface area (TPSA) is 37.4 Å². The van der Waals surface area contributed by atoms with Crippen LogP contribution in [0.1, 0.15) is 25.7 Å². The zero-order chi connectivity index (χ0) is 14.8. The summed E-state index contributed by atoms with van der Waals surface area (Å²) in [6, 6.07) is 4.97. The standard InChI is InChI=1S/C13H16Br2ClNO2S/c14-7-6-11-3-1-2-8-17(11)20(18,19)13-5-4-10(15)9-12(13)16/h4-5,9,11H,1-3,6-8H2. The monoisotopic (exact) mass is 443 g/mol. The summed E-state index contributed by atoms with van der Waals surface area (Å²) in [6.45, 7) is 0.576. The zero-order valence-corrected chi connectivity index (χ0v) is 15.6. The minimum Gasteiger partial charge on any atom is -0.207 e. The van der Waals surface area contributed by atoms with E-state index in [0.717, 1.165) is 35.5 Å². The van der Waals surface area contributed by atoms with Crippen LogP contribution in [0.25, 0.3) is 0 Å². The van der Waals surface area contributed by atoms with Crippen molar-refractivity contribution in [2.45, 2.75) is 36.6 Å². The molecule has 0 saturated carbocycles. The van der Waals surface area contributed by atoms with Crippen molar-refractivity contribution in [1.82, 2.24) is 4.31 Å². The summed E-state index contributed by atoms with van der Waals surface area (Å²) in [7, 11) is -3.52. The number of hydrogen-bond donors (Lipinski definition) is 0. The summed E-state index contributed by atoms with van der Waals surface area (Å²) in [5.74, 6) is 0. The van der Waals surface area contributed by atoms with E-state index in [1.54, 1.807) is 22.5 Å². The number of benzene rings is 1. The number of sulfonamides is 1. The SMILES string of the molecule is O=S(=O)(c1ccc(Br)cc1Cl)N1CCCCC1CCBr. The minimum atomic E-state index is -3.52. The predicted octanol–water partition coefficient (Wildman–Crippen LogP) is 4.43. The number of halogens is 3. The van der Waals surface area contributed by atoms with Gasteiger partial charge in [0.1, 0.15) is 4.90 Å². The summed E-state index contributed by atoms with van der Waals surface area (Å²) in [4.78, 5) is 0.198. The fraction of sp³-hybridized carbons (Fsp3) is 0.538. The molecule has 1 aromatic rings. The normalized spacial score (nSPS) is 21.1. The van der Waals surface area contributed by atoms with Gasteiger partial charge in [-0.2, -0.15) is 4.31 Å². The average Bonchev–Trinajstić information content (AvgIpc) is 2.39. The van der Waals surface area contributed by atoms with E-state index in [-0.39, 0.29) is 16.0 Å². The van der Waals surface area contributed by atoms with E-state index in [4.69, 9.17) is 11.6 Å². The molecule has 2 rings (SSSR count). The van der Waals surface area contributed by atoms with Crippen LogP contribution < -0.4 is 0 Å². The Balaban J connectivity index is 2.37. The van der Waals surface area contributed by atoms with Crippen molar-refractivity contribution in [3.8, 4) is 0 Å². The van der Waals surface area contributed by atoms with E-state index in [0.29, 0.717) is 6.54 Å². The van der Waals surface area contributed by atoms with Gasteiger partial charge in [-0.05, 0) is 37.5 Å². The Morgan fingerprint density at radius 1 is 1.35 bits per heavy atom. The molecule has 1 aliphatic heterocycles. The Kier molecular flexibility index (Phi) is 5.94. The lowest BCUT2D eigenvalue weighted by molar-refractivity contribution is 0.248. The van der Waals surface area contributed by atoms with Crippen molar-refractivity contribution in [2.24, 2.45) is 0 Å². The maximum atomic E-state index is 12.8.